The van der Waals surface area contributed by atoms with E-state index in [-0.39, 0.29) is 0 Å². The summed E-state index contributed by atoms with van der Waals surface area (Å²) >= 11 is 0. The van der Waals surface area contributed by atoms with E-state index < -0.39 is 38.9 Å². The van der Waals surface area contributed by atoms with Gasteiger partial charge in [-0.15, -0.1) is 0 Å². The van der Waals surface area contributed by atoms with Crippen LogP contribution in [0.3, 0.4) is 0 Å². The van der Waals surface area contributed by atoms with E-state index in [2.05, 4.69) is 6.07 Å². The van der Waals surface area contributed by atoms with Gasteiger partial charge in [0, 0.05) is 10.8 Å². The molecule has 0 aliphatic carbocycles. The van der Waals surface area contributed by atoms with E-state index in [0.717, 1.165) is 22.3 Å². The molecule has 4 N–H and O–H groups in total. The van der Waals surface area contributed by atoms with Gasteiger partial charge in [-0.1, -0.05) is 113 Å². The zero-order chi connectivity index (χ0) is 23.5. The Bertz CT molecular complexity index is 926. The standard InChI is InChI=1S/C26H32O4P2/c1-25(2,23(31(27)28)19-12-7-5-8-13-19)21-16-11-17-22(18-21)26(3,4)24(32(29)30)20-14-9-6-10-15-20/h5-18,23-24,27-30H,1-4H3. The number of benzene rings is 3. The van der Waals surface area contributed by atoms with Crippen LogP contribution in [0.2, 0.25) is 0 Å². The molecule has 3 aromatic rings. The minimum Gasteiger partial charge on any atom is -0.350 e. The largest absolute Gasteiger partial charge is 0.350 e. The van der Waals surface area contributed by atoms with Crippen molar-refractivity contribution in [2.75, 3.05) is 0 Å². The van der Waals surface area contributed by atoms with E-state index in [0.29, 0.717) is 0 Å². The van der Waals surface area contributed by atoms with Crippen molar-refractivity contribution in [3.05, 3.63) is 107 Å². The van der Waals surface area contributed by atoms with Gasteiger partial charge in [-0.2, -0.15) is 0 Å². The molecular weight excluding hydrogens is 438 g/mol. The van der Waals surface area contributed by atoms with Gasteiger partial charge in [0.05, 0.1) is 11.3 Å². The second-order valence-corrected chi connectivity index (χ2v) is 11.6. The highest BCUT2D eigenvalue weighted by Gasteiger charge is 2.41. The van der Waals surface area contributed by atoms with E-state index in [1.54, 1.807) is 0 Å². The predicted molar refractivity (Wildman–Crippen MR) is 134 cm³/mol. The van der Waals surface area contributed by atoms with Gasteiger partial charge in [-0.25, -0.2) is 0 Å². The van der Waals surface area contributed by atoms with Gasteiger partial charge in [0.15, 0.2) is 16.8 Å². The molecule has 0 saturated carbocycles. The Hall–Kier alpha value is -1.64. The Morgan fingerprint density at radius 3 is 1.19 bits per heavy atom. The van der Waals surface area contributed by atoms with Crippen LogP contribution in [0, 0.1) is 0 Å². The van der Waals surface area contributed by atoms with Gasteiger partial charge < -0.3 is 19.6 Å². The molecule has 0 fully saturated rings. The highest BCUT2D eigenvalue weighted by atomic mass is 31.2. The summed E-state index contributed by atoms with van der Waals surface area (Å²) in [4.78, 5) is 41.4. The first-order valence-corrected chi connectivity index (χ1v) is 13.2. The van der Waals surface area contributed by atoms with Crippen molar-refractivity contribution in [1.29, 1.82) is 0 Å². The van der Waals surface area contributed by atoms with Crippen LogP contribution in [-0.4, -0.2) is 19.6 Å². The van der Waals surface area contributed by atoms with E-state index in [4.69, 9.17) is 0 Å². The first-order chi connectivity index (χ1) is 15.1. The third-order valence-corrected chi connectivity index (χ3v) is 9.22. The summed E-state index contributed by atoms with van der Waals surface area (Å²) in [5.41, 5.74) is 1.66. The molecule has 3 aromatic carbocycles. The second-order valence-electron chi connectivity index (χ2n) is 9.29. The zero-order valence-corrected chi connectivity index (χ0v) is 20.7. The molecule has 6 heteroatoms. The molecule has 2 unspecified atom stereocenters. The maximum Gasteiger partial charge on any atom is 0.173 e. The van der Waals surface area contributed by atoms with Crippen molar-refractivity contribution in [1.82, 2.24) is 0 Å². The molecule has 170 valence electrons. The summed E-state index contributed by atoms with van der Waals surface area (Å²) in [5.74, 6) is 0. The van der Waals surface area contributed by atoms with E-state index in [1.165, 1.54) is 0 Å². The molecule has 4 nitrogen and oxygen atoms in total. The van der Waals surface area contributed by atoms with Crippen molar-refractivity contribution in [2.45, 2.75) is 49.8 Å². The molecule has 0 heterocycles. The highest BCUT2D eigenvalue weighted by molar-refractivity contribution is 7.45. The molecule has 0 saturated heterocycles. The number of rotatable bonds is 8. The fourth-order valence-corrected chi connectivity index (χ4v) is 6.91. The molecule has 0 bridgehead atoms. The molecule has 0 aliphatic rings. The summed E-state index contributed by atoms with van der Waals surface area (Å²) in [6.45, 7) is 8.10. The smallest absolute Gasteiger partial charge is 0.173 e. The lowest BCUT2D eigenvalue weighted by Crippen LogP contribution is -2.29. The summed E-state index contributed by atoms with van der Waals surface area (Å²) in [6, 6.07) is 27.2. The van der Waals surface area contributed by atoms with Crippen molar-refractivity contribution in [3.63, 3.8) is 0 Å². The van der Waals surface area contributed by atoms with Crippen molar-refractivity contribution < 1.29 is 19.6 Å². The van der Waals surface area contributed by atoms with Crippen LogP contribution in [-0.2, 0) is 10.8 Å². The maximum atomic E-state index is 10.4. The number of hydrogen-bond donors (Lipinski definition) is 4. The summed E-state index contributed by atoms with van der Waals surface area (Å²) in [6.07, 6.45) is 0. The molecule has 2 atom stereocenters. The molecule has 0 spiro atoms. The van der Waals surface area contributed by atoms with Crippen LogP contribution < -0.4 is 0 Å². The summed E-state index contributed by atoms with van der Waals surface area (Å²) < 4.78 is 0. The number of hydrogen-bond acceptors (Lipinski definition) is 4. The van der Waals surface area contributed by atoms with Crippen LogP contribution in [0.4, 0.5) is 0 Å². The Balaban J connectivity index is 2.06. The monoisotopic (exact) mass is 470 g/mol. The summed E-state index contributed by atoms with van der Waals surface area (Å²) in [5, 5.41) is 0. The van der Waals surface area contributed by atoms with E-state index >= 15 is 0 Å². The van der Waals surface area contributed by atoms with Gasteiger partial charge in [-0.05, 0) is 22.3 Å². The Morgan fingerprint density at radius 2 is 0.875 bits per heavy atom. The molecule has 0 radical (unpaired) electrons. The van der Waals surface area contributed by atoms with Crippen molar-refractivity contribution in [3.8, 4) is 0 Å². The van der Waals surface area contributed by atoms with Crippen LogP contribution in [0.5, 0.6) is 0 Å². The SMILES string of the molecule is CC(C)(c1cccc(C(C)(C)C(c2ccccc2)P(O)O)c1)C(c1ccccc1)P(O)O. The fraction of sp³-hybridized carbons (Fsp3) is 0.308. The highest BCUT2D eigenvalue weighted by Crippen LogP contribution is 2.57. The van der Waals surface area contributed by atoms with Gasteiger partial charge in [0.25, 0.3) is 0 Å². The van der Waals surface area contributed by atoms with Crippen LogP contribution >= 0.6 is 16.8 Å². The Labute approximate surface area is 193 Å². The first-order valence-electron chi connectivity index (χ1n) is 10.6. The minimum absolute atomic E-state index is 0.463. The van der Waals surface area contributed by atoms with Crippen LogP contribution in [0.15, 0.2) is 84.9 Å². The molecule has 0 aliphatic heterocycles. The third kappa shape index (κ3) is 5.13. The molecule has 0 amide bonds. The average Bonchev–Trinajstić information content (AvgIpc) is 2.74. The molecule has 0 aromatic heterocycles. The van der Waals surface area contributed by atoms with Gasteiger partial charge in [-0.3, -0.25) is 0 Å². The lowest BCUT2D eigenvalue weighted by Gasteiger charge is -2.39. The van der Waals surface area contributed by atoms with Crippen LogP contribution in [0.25, 0.3) is 0 Å². The normalized spacial score (nSPS) is 14.6. The summed E-state index contributed by atoms with van der Waals surface area (Å²) in [7, 11) is -4.45. The fourth-order valence-electron chi connectivity index (χ4n) is 4.58. The quantitative estimate of drug-likeness (QED) is 0.291. The predicted octanol–water partition coefficient (Wildman–Crippen LogP) is 6.32. The zero-order valence-electron chi connectivity index (χ0n) is 18.9. The van der Waals surface area contributed by atoms with Gasteiger partial charge in [0.1, 0.15) is 0 Å². The average molecular weight is 470 g/mol. The molecule has 32 heavy (non-hydrogen) atoms. The van der Waals surface area contributed by atoms with Gasteiger partial charge in [0.2, 0.25) is 0 Å². The first kappa shape index (κ1) is 25.0. The molecule has 3 rings (SSSR count). The van der Waals surface area contributed by atoms with E-state index in [9.17, 15) is 19.6 Å². The Kier molecular flexibility index (Phi) is 7.89. The topological polar surface area (TPSA) is 80.9 Å². The maximum absolute atomic E-state index is 10.4. The van der Waals surface area contributed by atoms with Crippen LogP contribution in [0.1, 0.15) is 61.3 Å². The van der Waals surface area contributed by atoms with Gasteiger partial charge >= 0.3 is 0 Å². The lowest BCUT2D eigenvalue weighted by molar-refractivity contribution is 0.404. The molecular formula is C26H32O4P2. The lowest BCUT2D eigenvalue weighted by atomic mass is 9.74. The third-order valence-electron chi connectivity index (χ3n) is 6.41. The van der Waals surface area contributed by atoms with E-state index in [1.807, 2.05) is 107 Å². The van der Waals surface area contributed by atoms with Crippen molar-refractivity contribution >= 4 is 16.8 Å². The minimum atomic E-state index is -2.23. The second kappa shape index (κ2) is 10.1. The Morgan fingerprint density at radius 1 is 0.531 bits per heavy atom. The van der Waals surface area contributed by atoms with Crippen molar-refractivity contribution in [2.24, 2.45) is 0 Å².